The lowest BCUT2D eigenvalue weighted by Gasteiger charge is -2.17. The van der Waals surface area contributed by atoms with Gasteiger partial charge in [0.25, 0.3) is 5.91 Å². The van der Waals surface area contributed by atoms with Crippen molar-refractivity contribution in [3.63, 3.8) is 0 Å². The minimum absolute atomic E-state index is 0.0800. The number of hydrogen-bond acceptors (Lipinski definition) is 5. The minimum atomic E-state index is -0.380. The Labute approximate surface area is 150 Å². The Morgan fingerprint density at radius 1 is 1.28 bits per heavy atom. The second-order valence-corrected chi connectivity index (χ2v) is 5.54. The third kappa shape index (κ3) is 7.73. The standard InChI is InChI=1S/C19H28N4O2/c1-4-23(5-2)12-6-11-21-15-17(13-20)19(24)22-14-16-7-9-18(25-3)10-8-16/h7-10,15,21H,4-6,11-12,14H2,1-3H3,(H,22,24)/b17-15-. The van der Waals surface area contributed by atoms with Crippen molar-refractivity contribution in [2.45, 2.75) is 26.8 Å². The zero-order chi connectivity index (χ0) is 18.5. The third-order valence-electron chi connectivity index (χ3n) is 3.91. The number of carbonyl (C=O) groups excluding carboxylic acids is 1. The third-order valence-corrected chi connectivity index (χ3v) is 3.91. The van der Waals surface area contributed by atoms with Crippen molar-refractivity contribution in [3.05, 3.63) is 41.6 Å². The molecular weight excluding hydrogens is 316 g/mol. The molecule has 0 spiro atoms. The Kier molecular flexibility index (Phi) is 9.79. The normalized spacial score (nSPS) is 11.1. The average Bonchev–Trinajstić information content (AvgIpc) is 2.66. The van der Waals surface area contributed by atoms with Crippen LogP contribution in [0.15, 0.2) is 36.0 Å². The van der Waals surface area contributed by atoms with Gasteiger partial charge in [0.1, 0.15) is 17.4 Å². The Balaban J connectivity index is 2.38. The maximum atomic E-state index is 12.1. The molecule has 6 nitrogen and oxygen atoms in total. The van der Waals surface area contributed by atoms with Crippen LogP contribution in [0.2, 0.25) is 0 Å². The number of amides is 1. The molecule has 1 amide bonds. The van der Waals surface area contributed by atoms with E-state index in [1.807, 2.05) is 30.3 Å². The van der Waals surface area contributed by atoms with Crippen molar-refractivity contribution in [2.75, 3.05) is 33.3 Å². The quantitative estimate of drug-likeness (QED) is 0.365. The van der Waals surface area contributed by atoms with Gasteiger partial charge in [0.05, 0.1) is 7.11 Å². The molecule has 0 saturated heterocycles. The van der Waals surface area contributed by atoms with Gasteiger partial charge in [-0.3, -0.25) is 4.79 Å². The fourth-order valence-corrected chi connectivity index (χ4v) is 2.29. The van der Waals surface area contributed by atoms with Gasteiger partial charge in [-0.25, -0.2) is 0 Å². The molecule has 0 fully saturated rings. The van der Waals surface area contributed by atoms with Gasteiger partial charge in [-0.15, -0.1) is 0 Å². The van der Waals surface area contributed by atoms with Gasteiger partial charge in [0.2, 0.25) is 0 Å². The molecule has 1 rings (SSSR count). The molecule has 0 atom stereocenters. The van der Waals surface area contributed by atoms with Gasteiger partial charge in [-0.1, -0.05) is 26.0 Å². The highest BCUT2D eigenvalue weighted by Gasteiger charge is 2.08. The number of nitrogens with one attached hydrogen (secondary N) is 2. The largest absolute Gasteiger partial charge is 0.497 e. The molecule has 6 heteroatoms. The fraction of sp³-hybridized carbons (Fsp3) is 0.474. The Morgan fingerprint density at radius 2 is 1.96 bits per heavy atom. The van der Waals surface area contributed by atoms with Crippen molar-refractivity contribution < 1.29 is 9.53 Å². The van der Waals surface area contributed by atoms with Crippen LogP contribution in [0.4, 0.5) is 0 Å². The first-order valence-corrected chi connectivity index (χ1v) is 8.61. The van der Waals surface area contributed by atoms with Gasteiger partial charge >= 0.3 is 0 Å². The molecule has 0 aromatic heterocycles. The Morgan fingerprint density at radius 3 is 2.52 bits per heavy atom. The summed E-state index contributed by atoms with van der Waals surface area (Å²) in [6.07, 6.45) is 2.45. The highest BCUT2D eigenvalue weighted by molar-refractivity contribution is 5.97. The zero-order valence-corrected chi connectivity index (χ0v) is 15.3. The van der Waals surface area contributed by atoms with Crippen LogP contribution in [0.25, 0.3) is 0 Å². The Hall–Kier alpha value is -2.52. The van der Waals surface area contributed by atoms with Crippen LogP contribution in [0.5, 0.6) is 5.75 Å². The molecule has 0 unspecified atom stereocenters. The molecule has 136 valence electrons. The number of methoxy groups -OCH3 is 1. The number of benzene rings is 1. The maximum Gasteiger partial charge on any atom is 0.263 e. The summed E-state index contributed by atoms with van der Waals surface area (Å²) in [5.74, 6) is 0.385. The minimum Gasteiger partial charge on any atom is -0.497 e. The number of carbonyl (C=O) groups is 1. The number of nitriles is 1. The van der Waals surface area contributed by atoms with E-state index < -0.39 is 0 Å². The molecule has 0 saturated carbocycles. The van der Waals surface area contributed by atoms with E-state index >= 15 is 0 Å². The smallest absolute Gasteiger partial charge is 0.263 e. The molecule has 0 heterocycles. The van der Waals surface area contributed by atoms with Crippen LogP contribution in [-0.2, 0) is 11.3 Å². The van der Waals surface area contributed by atoms with E-state index in [4.69, 9.17) is 10.00 Å². The molecule has 0 aliphatic heterocycles. The fourth-order valence-electron chi connectivity index (χ4n) is 2.29. The second kappa shape index (κ2) is 11.9. The van der Waals surface area contributed by atoms with Gasteiger partial charge in [-0.05, 0) is 43.8 Å². The molecule has 0 aliphatic carbocycles. The van der Waals surface area contributed by atoms with E-state index in [2.05, 4.69) is 29.4 Å². The Bertz CT molecular complexity index is 586. The van der Waals surface area contributed by atoms with Crippen LogP contribution >= 0.6 is 0 Å². The number of rotatable bonds is 11. The van der Waals surface area contributed by atoms with Crippen LogP contribution in [0.1, 0.15) is 25.8 Å². The van der Waals surface area contributed by atoms with Crippen molar-refractivity contribution >= 4 is 5.91 Å². The van der Waals surface area contributed by atoms with E-state index in [1.165, 1.54) is 6.20 Å². The first kappa shape index (κ1) is 20.5. The van der Waals surface area contributed by atoms with Gasteiger partial charge < -0.3 is 20.3 Å². The van der Waals surface area contributed by atoms with Crippen molar-refractivity contribution in [1.82, 2.24) is 15.5 Å². The summed E-state index contributed by atoms with van der Waals surface area (Å²) in [7, 11) is 1.61. The predicted molar refractivity (Wildman–Crippen MR) is 98.9 cm³/mol. The van der Waals surface area contributed by atoms with Gasteiger partial charge in [0, 0.05) is 19.3 Å². The highest BCUT2D eigenvalue weighted by atomic mass is 16.5. The predicted octanol–water partition coefficient (Wildman–Crippen LogP) is 2.04. The summed E-state index contributed by atoms with van der Waals surface area (Å²) in [5.41, 5.74) is 1.02. The van der Waals surface area contributed by atoms with Crippen molar-refractivity contribution in [3.8, 4) is 11.8 Å². The maximum absolute atomic E-state index is 12.1. The number of ether oxygens (including phenoxy) is 1. The summed E-state index contributed by atoms with van der Waals surface area (Å²) in [6.45, 7) is 8.43. The SMILES string of the molecule is CCN(CC)CCCN/C=C(/C#N)C(=O)NCc1ccc(OC)cc1. The number of hydrogen-bond donors (Lipinski definition) is 2. The van der Waals surface area contributed by atoms with Crippen LogP contribution in [0, 0.1) is 11.3 Å². The first-order valence-electron chi connectivity index (χ1n) is 8.61. The van der Waals surface area contributed by atoms with E-state index in [9.17, 15) is 4.79 Å². The summed E-state index contributed by atoms with van der Waals surface area (Å²) in [5, 5.41) is 14.9. The van der Waals surface area contributed by atoms with Crippen LogP contribution in [0.3, 0.4) is 0 Å². The number of nitrogens with zero attached hydrogens (tertiary/aromatic N) is 2. The summed E-state index contributed by atoms with van der Waals surface area (Å²) < 4.78 is 5.09. The molecule has 0 aliphatic rings. The van der Waals surface area contributed by atoms with Gasteiger partial charge in [0.15, 0.2) is 0 Å². The van der Waals surface area contributed by atoms with E-state index in [1.54, 1.807) is 7.11 Å². The van der Waals surface area contributed by atoms with Crippen molar-refractivity contribution in [1.29, 1.82) is 5.26 Å². The van der Waals surface area contributed by atoms with Crippen molar-refractivity contribution in [2.24, 2.45) is 0 Å². The topological polar surface area (TPSA) is 77.4 Å². The summed E-state index contributed by atoms with van der Waals surface area (Å²) in [6, 6.07) is 9.35. The summed E-state index contributed by atoms with van der Waals surface area (Å²) in [4.78, 5) is 14.4. The second-order valence-electron chi connectivity index (χ2n) is 5.54. The van der Waals surface area contributed by atoms with E-state index in [-0.39, 0.29) is 11.5 Å². The molecule has 2 N–H and O–H groups in total. The highest BCUT2D eigenvalue weighted by Crippen LogP contribution is 2.11. The lowest BCUT2D eigenvalue weighted by Crippen LogP contribution is -2.27. The van der Waals surface area contributed by atoms with E-state index in [0.29, 0.717) is 6.54 Å². The average molecular weight is 344 g/mol. The monoisotopic (exact) mass is 344 g/mol. The first-order chi connectivity index (χ1) is 12.1. The summed E-state index contributed by atoms with van der Waals surface area (Å²) >= 11 is 0. The van der Waals surface area contributed by atoms with Gasteiger partial charge in [-0.2, -0.15) is 5.26 Å². The molecule has 0 bridgehead atoms. The zero-order valence-electron chi connectivity index (χ0n) is 15.3. The molecule has 1 aromatic carbocycles. The molecule has 25 heavy (non-hydrogen) atoms. The van der Waals surface area contributed by atoms with E-state index in [0.717, 1.165) is 43.9 Å². The van der Waals surface area contributed by atoms with Crippen LogP contribution < -0.4 is 15.4 Å². The lowest BCUT2D eigenvalue weighted by molar-refractivity contribution is -0.117. The lowest BCUT2D eigenvalue weighted by atomic mass is 10.2. The van der Waals surface area contributed by atoms with Crippen LogP contribution in [-0.4, -0.2) is 44.1 Å². The molecule has 1 aromatic rings. The molecular formula is C19H28N4O2. The molecule has 0 radical (unpaired) electrons.